The van der Waals surface area contributed by atoms with Gasteiger partial charge in [0.25, 0.3) is 0 Å². The SMILES string of the molecule is Cc1cc(C)cc(N/C=C2\C=C[CH-]C=C2P(c2ccccc2)c2ccccc2CNc2cc(C)cc(C)c2)c1. The average molecular weight is 528 g/mol. The fraction of sp³-hybridized carbons (Fsp3) is 0.139. The maximum Gasteiger partial charge on any atom is 0.0406 e. The lowest BCUT2D eigenvalue weighted by atomic mass is 10.1. The molecule has 1 aliphatic rings. The number of allylic oxidation sites excluding steroid dienone is 5. The molecule has 0 saturated heterocycles. The lowest BCUT2D eigenvalue weighted by Crippen LogP contribution is -2.20. The van der Waals surface area contributed by atoms with E-state index in [0.29, 0.717) is 0 Å². The molecule has 1 aliphatic carbocycles. The monoisotopic (exact) mass is 527 g/mol. The molecule has 0 aromatic heterocycles. The Morgan fingerprint density at radius 2 is 1.33 bits per heavy atom. The van der Waals surface area contributed by atoms with Gasteiger partial charge in [-0.25, -0.2) is 0 Å². The lowest BCUT2D eigenvalue weighted by molar-refractivity contribution is 1.16. The lowest BCUT2D eigenvalue weighted by Gasteiger charge is -2.32. The van der Waals surface area contributed by atoms with E-state index in [2.05, 4.69) is 160 Å². The van der Waals surface area contributed by atoms with Crippen LogP contribution in [-0.4, -0.2) is 0 Å². The first kappa shape index (κ1) is 26.6. The summed E-state index contributed by atoms with van der Waals surface area (Å²) >= 11 is 0. The van der Waals surface area contributed by atoms with Gasteiger partial charge in [-0.2, -0.15) is 24.6 Å². The highest BCUT2D eigenvalue weighted by Crippen LogP contribution is 2.49. The number of nitrogens with one attached hydrogen (secondary N) is 2. The molecular formula is C36H36N2P-. The molecule has 3 heteroatoms. The minimum Gasteiger partial charge on any atom is -0.381 e. The first-order chi connectivity index (χ1) is 19.0. The Kier molecular flexibility index (Phi) is 8.35. The fourth-order valence-electron chi connectivity index (χ4n) is 5.17. The Hall–Kier alpha value is -4.00. The van der Waals surface area contributed by atoms with Crippen LogP contribution >= 0.6 is 7.92 Å². The molecule has 0 radical (unpaired) electrons. The second-order valence-electron chi connectivity index (χ2n) is 10.3. The van der Waals surface area contributed by atoms with E-state index in [-0.39, 0.29) is 0 Å². The summed E-state index contributed by atoms with van der Waals surface area (Å²) in [4.78, 5) is 0. The largest absolute Gasteiger partial charge is 0.381 e. The third-order valence-corrected chi connectivity index (χ3v) is 9.37. The van der Waals surface area contributed by atoms with Crippen LogP contribution in [0.2, 0.25) is 0 Å². The highest BCUT2D eigenvalue weighted by molar-refractivity contribution is 7.77. The van der Waals surface area contributed by atoms with Gasteiger partial charge in [0, 0.05) is 17.9 Å². The topological polar surface area (TPSA) is 24.1 Å². The van der Waals surface area contributed by atoms with Gasteiger partial charge in [0.15, 0.2) is 0 Å². The molecule has 0 saturated carbocycles. The van der Waals surface area contributed by atoms with Crippen molar-refractivity contribution in [3.8, 4) is 0 Å². The summed E-state index contributed by atoms with van der Waals surface area (Å²) in [6, 6.07) is 33.1. The molecule has 0 bridgehead atoms. The third kappa shape index (κ3) is 6.72. The molecule has 5 rings (SSSR count). The highest BCUT2D eigenvalue weighted by atomic mass is 31.1. The molecule has 2 nitrogen and oxygen atoms in total. The quantitative estimate of drug-likeness (QED) is 0.177. The molecule has 0 amide bonds. The van der Waals surface area contributed by atoms with Crippen LogP contribution in [0.5, 0.6) is 0 Å². The van der Waals surface area contributed by atoms with Gasteiger partial charge in [-0.05, 0) is 96.6 Å². The summed E-state index contributed by atoms with van der Waals surface area (Å²) < 4.78 is 0. The van der Waals surface area contributed by atoms with Crippen LogP contribution in [0.1, 0.15) is 27.8 Å². The molecule has 1 unspecified atom stereocenters. The van der Waals surface area contributed by atoms with Gasteiger partial charge in [-0.1, -0.05) is 74.7 Å². The van der Waals surface area contributed by atoms with Gasteiger partial charge in [0.05, 0.1) is 0 Å². The Labute approximate surface area is 235 Å². The Morgan fingerprint density at radius 3 is 2.03 bits per heavy atom. The number of hydrogen-bond donors (Lipinski definition) is 2. The van der Waals surface area contributed by atoms with Gasteiger partial charge < -0.3 is 10.6 Å². The van der Waals surface area contributed by atoms with Crippen molar-refractivity contribution in [2.75, 3.05) is 10.6 Å². The zero-order valence-electron chi connectivity index (χ0n) is 23.2. The second-order valence-corrected chi connectivity index (χ2v) is 12.4. The van der Waals surface area contributed by atoms with E-state index < -0.39 is 7.92 Å². The molecule has 0 heterocycles. The number of anilines is 2. The van der Waals surface area contributed by atoms with E-state index in [0.717, 1.165) is 17.9 Å². The summed E-state index contributed by atoms with van der Waals surface area (Å²) in [6.07, 6.45) is 11.0. The molecule has 0 aliphatic heterocycles. The van der Waals surface area contributed by atoms with Crippen LogP contribution < -0.4 is 21.2 Å². The summed E-state index contributed by atoms with van der Waals surface area (Å²) in [7, 11) is -0.785. The van der Waals surface area contributed by atoms with Gasteiger partial charge >= 0.3 is 0 Å². The standard InChI is InChI=1S/C36H36N2P/c1-26-18-27(2)21-32(20-26)37-24-30-12-8-10-16-35(30)39(34-14-6-5-7-15-34)36-17-11-9-13-31(36)25-38-33-22-28(3)19-29(4)23-33/h5-24,37-38H,25H2,1-4H3/q-1/b30-24+. The smallest absolute Gasteiger partial charge is 0.0406 e. The summed E-state index contributed by atoms with van der Waals surface area (Å²) in [5, 5.41) is 11.4. The average Bonchev–Trinajstić information content (AvgIpc) is 2.92. The normalized spacial score (nSPS) is 14.5. The molecule has 4 aromatic carbocycles. The minimum absolute atomic E-state index is 0.775. The maximum atomic E-state index is 3.70. The van der Waals surface area contributed by atoms with E-state index in [1.54, 1.807) is 0 Å². The number of rotatable bonds is 8. The van der Waals surface area contributed by atoms with Gasteiger partial charge in [0.2, 0.25) is 0 Å². The molecule has 2 N–H and O–H groups in total. The van der Waals surface area contributed by atoms with E-state index in [1.807, 2.05) is 0 Å². The third-order valence-electron chi connectivity index (χ3n) is 6.75. The number of aryl methyl sites for hydroxylation is 4. The van der Waals surface area contributed by atoms with Crippen molar-refractivity contribution in [3.63, 3.8) is 0 Å². The van der Waals surface area contributed by atoms with E-state index in [1.165, 1.54) is 49.3 Å². The highest BCUT2D eigenvalue weighted by Gasteiger charge is 2.19. The first-order valence-electron chi connectivity index (χ1n) is 13.5. The first-order valence-corrected chi connectivity index (χ1v) is 14.8. The zero-order chi connectivity index (χ0) is 27.2. The Bertz CT molecular complexity index is 1510. The van der Waals surface area contributed by atoms with Crippen molar-refractivity contribution >= 4 is 29.9 Å². The van der Waals surface area contributed by atoms with Crippen molar-refractivity contribution in [3.05, 3.63) is 161 Å². The van der Waals surface area contributed by atoms with Gasteiger partial charge in [0.1, 0.15) is 0 Å². The number of hydrogen-bond acceptors (Lipinski definition) is 2. The van der Waals surface area contributed by atoms with Crippen molar-refractivity contribution in [1.29, 1.82) is 0 Å². The molecule has 1 atom stereocenters. The van der Waals surface area contributed by atoms with Crippen LogP contribution in [0.25, 0.3) is 0 Å². The van der Waals surface area contributed by atoms with Gasteiger partial charge in [-0.3, -0.25) is 0 Å². The minimum atomic E-state index is -0.785. The van der Waals surface area contributed by atoms with E-state index >= 15 is 0 Å². The second kappa shape index (κ2) is 12.2. The predicted molar refractivity (Wildman–Crippen MR) is 171 cm³/mol. The van der Waals surface area contributed by atoms with Crippen molar-refractivity contribution in [2.24, 2.45) is 0 Å². The molecule has 39 heavy (non-hydrogen) atoms. The van der Waals surface area contributed by atoms with Crippen molar-refractivity contribution < 1.29 is 0 Å². The molecule has 196 valence electrons. The van der Waals surface area contributed by atoms with Crippen LogP contribution in [-0.2, 0) is 6.54 Å². The van der Waals surface area contributed by atoms with Crippen LogP contribution in [0.4, 0.5) is 11.4 Å². The Balaban J connectivity index is 1.51. The summed E-state index contributed by atoms with van der Waals surface area (Å²) in [5.41, 5.74) is 9.89. The Morgan fingerprint density at radius 1 is 0.718 bits per heavy atom. The molecule has 0 spiro atoms. The molecular weight excluding hydrogens is 491 g/mol. The number of benzene rings is 4. The van der Waals surface area contributed by atoms with Crippen LogP contribution in [0.3, 0.4) is 0 Å². The van der Waals surface area contributed by atoms with Crippen molar-refractivity contribution in [2.45, 2.75) is 34.2 Å². The van der Waals surface area contributed by atoms with Crippen LogP contribution in [0, 0.1) is 34.1 Å². The summed E-state index contributed by atoms with van der Waals surface area (Å²) in [6.45, 7) is 9.37. The van der Waals surface area contributed by atoms with Gasteiger partial charge in [-0.15, -0.1) is 10.9 Å². The van der Waals surface area contributed by atoms with E-state index in [9.17, 15) is 0 Å². The molecule has 0 fully saturated rings. The molecule has 4 aromatic rings. The zero-order valence-corrected chi connectivity index (χ0v) is 24.1. The van der Waals surface area contributed by atoms with Crippen molar-refractivity contribution in [1.82, 2.24) is 0 Å². The predicted octanol–water partition coefficient (Wildman–Crippen LogP) is 8.62. The maximum absolute atomic E-state index is 3.70. The fourth-order valence-corrected chi connectivity index (χ4v) is 7.76. The van der Waals surface area contributed by atoms with Crippen LogP contribution in [0.15, 0.2) is 126 Å². The van der Waals surface area contributed by atoms with E-state index in [4.69, 9.17) is 0 Å². The summed E-state index contributed by atoms with van der Waals surface area (Å²) in [5.74, 6) is 0.